The van der Waals surface area contributed by atoms with Crippen molar-refractivity contribution in [3.8, 4) is 5.75 Å². The number of phenols is 1. The lowest BCUT2D eigenvalue weighted by Crippen LogP contribution is -2.58. The molecule has 3 aromatic carbocycles. The van der Waals surface area contributed by atoms with Crippen LogP contribution in [0.15, 0.2) is 72.8 Å². The molecule has 3 atom stereocenters. The molecule has 4 N–H and O–H groups in total. The van der Waals surface area contributed by atoms with E-state index in [2.05, 4.69) is 10.6 Å². The third-order valence-electron chi connectivity index (χ3n) is 7.79. The van der Waals surface area contributed by atoms with E-state index in [-0.39, 0.29) is 29.5 Å². The normalized spacial score (nSPS) is 17.4. The number of rotatable bonds is 10. The summed E-state index contributed by atoms with van der Waals surface area (Å²) >= 11 is 1.47. The highest BCUT2D eigenvalue weighted by molar-refractivity contribution is 8.00. The molecule has 1 aliphatic rings. The van der Waals surface area contributed by atoms with Crippen LogP contribution in [0.3, 0.4) is 0 Å². The number of benzene rings is 3. The van der Waals surface area contributed by atoms with E-state index in [1.165, 1.54) is 22.7 Å². The van der Waals surface area contributed by atoms with Gasteiger partial charge in [-0.1, -0.05) is 67.6 Å². The van der Waals surface area contributed by atoms with Gasteiger partial charge in [0.25, 0.3) is 11.8 Å². The van der Waals surface area contributed by atoms with Crippen LogP contribution in [-0.4, -0.2) is 61.6 Å². The van der Waals surface area contributed by atoms with Gasteiger partial charge in [0.1, 0.15) is 11.8 Å². The number of aromatic hydroxyl groups is 1. The van der Waals surface area contributed by atoms with Crippen LogP contribution in [0.25, 0.3) is 0 Å². The number of aliphatic hydroxyl groups is 1. The quantitative estimate of drug-likeness (QED) is 0.284. The third-order valence-corrected chi connectivity index (χ3v) is 9.16. The van der Waals surface area contributed by atoms with Gasteiger partial charge in [0.15, 0.2) is 6.10 Å². The van der Waals surface area contributed by atoms with Crippen molar-refractivity contribution in [2.75, 3.05) is 5.88 Å². The molecule has 3 aromatic rings. The van der Waals surface area contributed by atoms with E-state index in [1.807, 2.05) is 82.3 Å². The first kappa shape index (κ1) is 31.1. The first-order valence-corrected chi connectivity index (χ1v) is 15.1. The van der Waals surface area contributed by atoms with Gasteiger partial charge in [-0.15, -0.1) is 11.8 Å². The minimum Gasteiger partial charge on any atom is -0.508 e. The zero-order valence-electron chi connectivity index (χ0n) is 24.5. The van der Waals surface area contributed by atoms with E-state index in [0.29, 0.717) is 18.5 Å². The molecule has 0 aromatic heterocycles. The molecule has 9 heteroatoms. The van der Waals surface area contributed by atoms with Crippen molar-refractivity contribution >= 4 is 29.5 Å². The Kier molecular flexibility index (Phi) is 9.96. The standard InChI is InChI=1S/C33H39N3O5S/c1-5-24-25(16-11-17-27(24)37)30(39)35-26(18-22-13-7-6-8-14-22)28(38)32(41)36-20-42-33(3,4)29(36)31(40)34-19-23-15-10-9-12-21(23)2/h6-17,26,28-29,37-38H,5,18-20H2,1-4H3,(H,34,40)(H,35,39)/t26-,28-,29?/m0/s1. The van der Waals surface area contributed by atoms with Crippen LogP contribution in [0, 0.1) is 6.92 Å². The maximum absolute atomic E-state index is 13.9. The van der Waals surface area contributed by atoms with Gasteiger partial charge in [-0.05, 0) is 62.4 Å². The van der Waals surface area contributed by atoms with Crippen molar-refractivity contribution in [2.24, 2.45) is 0 Å². The molecule has 0 bridgehead atoms. The van der Waals surface area contributed by atoms with E-state index in [4.69, 9.17) is 0 Å². The summed E-state index contributed by atoms with van der Waals surface area (Å²) < 4.78 is -0.596. The highest BCUT2D eigenvalue weighted by Gasteiger charge is 2.49. The molecule has 1 unspecified atom stereocenters. The Bertz CT molecular complexity index is 1430. The van der Waals surface area contributed by atoms with E-state index < -0.39 is 34.7 Å². The molecule has 1 aliphatic heterocycles. The van der Waals surface area contributed by atoms with E-state index >= 15 is 0 Å². The largest absolute Gasteiger partial charge is 0.508 e. The van der Waals surface area contributed by atoms with Crippen LogP contribution in [0.1, 0.15) is 53.4 Å². The zero-order valence-corrected chi connectivity index (χ0v) is 25.3. The zero-order chi connectivity index (χ0) is 30.4. The highest BCUT2D eigenvalue weighted by Crippen LogP contribution is 2.40. The number of thioether (sulfide) groups is 1. The van der Waals surface area contributed by atoms with E-state index in [1.54, 1.807) is 12.1 Å². The molecule has 0 aliphatic carbocycles. The lowest BCUT2D eigenvalue weighted by molar-refractivity contribution is -0.147. The smallest absolute Gasteiger partial charge is 0.254 e. The summed E-state index contributed by atoms with van der Waals surface area (Å²) in [6.07, 6.45) is -0.994. The fraction of sp³-hybridized carbons (Fsp3) is 0.364. The summed E-state index contributed by atoms with van der Waals surface area (Å²) in [6.45, 7) is 7.95. The number of carbonyl (C=O) groups excluding carboxylic acids is 3. The van der Waals surface area contributed by atoms with Gasteiger partial charge in [0, 0.05) is 22.4 Å². The topological polar surface area (TPSA) is 119 Å². The Morgan fingerprint density at radius 1 is 1.02 bits per heavy atom. The summed E-state index contributed by atoms with van der Waals surface area (Å²) in [5, 5.41) is 27.6. The Morgan fingerprint density at radius 3 is 2.40 bits per heavy atom. The molecule has 222 valence electrons. The van der Waals surface area contributed by atoms with Gasteiger partial charge in [-0.2, -0.15) is 0 Å². The van der Waals surface area contributed by atoms with Gasteiger partial charge in [-0.25, -0.2) is 0 Å². The number of phenolic OH excluding ortho intramolecular Hbond substituents is 1. The summed E-state index contributed by atoms with van der Waals surface area (Å²) in [5.74, 6) is -1.19. The van der Waals surface area contributed by atoms with Gasteiger partial charge in [-0.3, -0.25) is 14.4 Å². The van der Waals surface area contributed by atoms with Crippen molar-refractivity contribution in [1.29, 1.82) is 0 Å². The predicted octanol–water partition coefficient (Wildman–Crippen LogP) is 3.96. The molecular weight excluding hydrogens is 550 g/mol. The molecule has 42 heavy (non-hydrogen) atoms. The lowest BCUT2D eigenvalue weighted by Gasteiger charge is -2.33. The fourth-order valence-electron chi connectivity index (χ4n) is 5.36. The average molecular weight is 590 g/mol. The summed E-state index contributed by atoms with van der Waals surface area (Å²) in [7, 11) is 0. The molecule has 1 saturated heterocycles. The molecule has 8 nitrogen and oxygen atoms in total. The van der Waals surface area contributed by atoms with Gasteiger partial charge in [0.2, 0.25) is 5.91 Å². The fourth-order valence-corrected chi connectivity index (χ4v) is 6.50. The highest BCUT2D eigenvalue weighted by atomic mass is 32.2. The molecular formula is C33H39N3O5S. The first-order valence-electron chi connectivity index (χ1n) is 14.1. The number of hydrogen-bond donors (Lipinski definition) is 4. The number of aliphatic hydroxyl groups excluding tert-OH is 1. The summed E-state index contributed by atoms with van der Waals surface area (Å²) in [4.78, 5) is 42.2. The molecule has 0 radical (unpaired) electrons. The Labute approximate surface area is 251 Å². The SMILES string of the molecule is CCc1c(O)cccc1C(=O)N[C@@H](Cc1ccccc1)[C@H](O)C(=O)N1CSC(C)(C)C1C(=O)NCc1ccccc1C. The van der Waals surface area contributed by atoms with Crippen LogP contribution in [0.2, 0.25) is 0 Å². The lowest BCUT2D eigenvalue weighted by atomic mass is 9.96. The van der Waals surface area contributed by atoms with Crippen LogP contribution in [0.5, 0.6) is 5.75 Å². The Morgan fingerprint density at radius 2 is 1.71 bits per heavy atom. The minimum absolute atomic E-state index is 0.0113. The van der Waals surface area contributed by atoms with E-state index in [0.717, 1.165) is 16.7 Å². The van der Waals surface area contributed by atoms with Crippen LogP contribution in [0.4, 0.5) is 0 Å². The average Bonchev–Trinajstić information content (AvgIpc) is 3.30. The monoisotopic (exact) mass is 589 g/mol. The van der Waals surface area contributed by atoms with Crippen molar-refractivity contribution in [2.45, 2.75) is 70.0 Å². The second-order valence-corrected chi connectivity index (χ2v) is 12.7. The number of nitrogens with zero attached hydrogens (tertiary/aromatic N) is 1. The van der Waals surface area contributed by atoms with Gasteiger partial charge in [0.05, 0.1) is 11.9 Å². The predicted molar refractivity (Wildman–Crippen MR) is 165 cm³/mol. The Balaban J connectivity index is 1.57. The number of carbonyl (C=O) groups is 3. The summed E-state index contributed by atoms with van der Waals surface area (Å²) in [6, 6.07) is 20.0. The third kappa shape index (κ3) is 6.97. The molecule has 1 heterocycles. The molecule has 0 saturated carbocycles. The van der Waals surface area contributed by atoms with E-state index in [9.17, 15) is 24.6 Å². The number of hydrogen-bond acceptors (Lipinski definition) is 6. The summed E-state index contributed by atoms with van der Waals surface area (Å²) in [5.41, 5.74) is 3.62. The van der Waals surface area contributed by atoms with Gasteiger partial charge < -0.3 is 25.7 Å². The molecule has 3 amide bonds. The van der Waals surface area contributed by atoms with Crippen molar-refractivity contribution in [1.82, 2.24) is 15.5 Å². The number of aryl methyl sites for hydroxylation is 1. The molecule has 0 spiro atoms. The maximum atomic E-state index is 13.9. The van der Waals surface area contributed by atoms with Crippen LogP contribution < -0.4 is 10.6 Å². The van der Waals surface area contributed by atoms with Crippen molar-refractivity contribution in [3.63, 3.8) is 0 Å². The second kappa shape index (κ2) is 13.4. The van der Waals surface area contributed by atoms with Crippen molar-refractivity contribution in [3.05, 3.63) is 101 Å². The second-order valence-electron chi connectivity index (χ2n) is 11.1. The van der Waals surface area contributed by atoms with Gasteiger partial charge >= 0.3 is 0 Å². The molecule has 4 rings (SSSR count). The number of nitrogens with one attached hydrogen (secondary N) is 2. The van der Waals surface area contributed by atoms with Crippen molar-refractivity contribution < 1.29 is 24.6 Å². The molecule has 1 fully saturated rings. The first-order chi connectivity index (χ1) is 20.0. The Hall–Kier alpha value is -3.82. The number of amides is 3. The van der Waals surface area contributed by atoms with Crippen LogP contribution in [-0.2, 0) is 29.0 Å². The minimum atomic E-state index is -1.61. The maximum Gasteiger partial charge on any atom is 0.254 e. The van der Waals surface area contributed by atoms with Crippen LogP contribution >= 0.6 is 11.8 Å².